The number of nitrogens with zero attached hydrogens (tertiary/aromatic N) is 1. The van der Waals surface area contributed by atoms with Crippen LogP contribution in [0.15, 0.2) is 42.6 Å². The molecule has 82 valence electrons. The van der Waals surface area contributed by atoms with Crippen molar-refractivity contribution in [3.8, 4) is 0 Å². The summed E-state index contributed by atoms with van der Waals surface area (Å²) < 4.78 is 13.9. The predicted octanol–water partition coefficient (Wildman–Crippen LogP) is 3.44. The SMILES string of the molecule is Fc1cc(CNc2ccccn2)ccc1I. The second-order valence-corrected chi connectivity index (χ2v) is 4.48. The molecule has 0 spiro atoms. The van der Waals surface area contributed by atoms with Gasteiger partial charge in [0.15, 0.2) is 0 Å². The summed E-state index contributed by atoms with van der Waals surface area (Å²) in [4.78, 5) is 4.13. The van der Waals surface area contributed by atoms with Crippen molar-refractivity contribution in [3.05, 3.63) is 57.5 Å². The van der Waals surface area contributed by atoms with Crippen LogP contribution in [-0.4, -0.2) is 4.98 Å². The molecule has 2 nitrogen and oxygen atoms in total. The van der Waals surface area contributed by atoms with Gasteiger partial charge in [0.25, 0.3) is 0 Å². The fraction of sp³-hybridized carbons (Fsp3) is 0.0833. The Morgan fingerprint density at radius 2 is 2.12 bits per heavy atom. The number of hydrogen-bond acceptors (Lipinski definition) is 2. The number of benzene rings is 1. The van der Waals surface area contributed by atoms with Crippen LogP contribution in [0.5, 0.6) is 0 Å². The lowest BCUT2D eigenvalue weighted by molar-refractivity contribution is 0.618. The van der Waals surface area contributed by atoms with Gasteiger partial charge < -0.3 is 5.32 Å². The molecule has 0 aliphatic rings. The first-order valence-corrected chi connectivity index (χ1v) is 5.92. The number of hydrogen-bond donors (Lipinski definition) is 1. The number of halogens is 2. The van der Waals surface area contributed by atoms with E-state index in [0.29, 0.717) is 10.1 Å². The van der Waals surface area contributed by atoms with E-state index in [-0.39, 0.29) is 5.82 Å². The molecule has 1 N–H and O–H groups in total. The summed E-state index contributed by atoms with van der Waals surface area (Å²) in [5.74, 6) is 0.613. The van der Waals surface area contributed by atoms with Gasteiger partial charge in [-0.05, 0) is 52.4 Å². The van der Waals surface area contributed by atoms with E-state index < -0.39 is 0 Å². The summed E-state index contributed by atoms with van der Waals surface area (Å²) in [6, 6.07) is 10.9. The second kappa shape index (κ2) is 5.25. The normalized spacial score (nSPS) is 10.1. The van der Waals surface area contributed by atoms with Crippen LogP contribution in [-0.2, 0) is 6.54 Å². The average Bonchev–Trinajstić information content (AvgIpc) is 2.32. The molecule has 0 atom stereocenters. The number of nitrogens with one attached hydrogen (secondary N) is 1. The molecule has 0 radical (unpaired) electrons. The third-order valence-corrected chi connectivity index (χ3v) is 3.00. The Hall–Kier alpha value is -1.17. The molecule has 4 heteroatoms. The van der Waals surface area contributed by atoms with Crippen LogP contribution in [0.2, 0.25) is 0 Å². The van der Waals surface area contributed by atoms with Crippen LogP contribution in [0, 0.1) is 9.39 Å². The maximum Gasteiger partial charge on any atom is 0.136 e. The Bertz CT molecular complexity index is 474. The first kappa shape index (κ1) is 11.3. The highest BCUT2D eigenvalue weighted by Crippen LogP contribution is 2.13. The van der Waals surface area contributed by atoms with Crippen molar-refractivity contribution in [2.45, 2.75) is 6.54 Å². The zero-order valence-electron chi connectivity index (χ0n) is 8.45. The van der Waals surface area contributed by atoms with E-state index in [0.717, 1.165) is 11.4 Å². The molecule has 0 unspecified atom stereocenters. The van der Waals surface area contributed by atoms with Gasteiger partial charge in [0.1, 0.15) is 11.6 Å². The van der Waals surface area contributed by atoms with E-state index in [1.807, 2.05) is 46.9 Å². The van der Waals surface area contributed by atoms with Crippen LogP contribution < -0.4 is 5.32 Å². The van der Waals surface area contributed by atoms with Crippen LogP contribution in [0.1, 0.15) is 5.56 Å². The highest BCUT2D eigenvalue weighted by atomic mass is 127. The van der Waals surface area contributed by atoms with Gasteiger partial charge in [-0.3, -0.25) is 0 Å². The summed E-state index contributed by atoms with van der Waals surface area (Å²) in [6.07, 6.45) is 1.72. The maximum absolute atomic E-state index is 13.3. The summed E-state index contributed by atoms with van der Waals surface area (Å²) in [5.41, 5.74) is 0.906. The van der Waals surface area contributed by atoms with Crippen molar-refractivity contribution >= 4 is 28.4 Å². The lowest BCUT2D eigenvalue weighted by Gasteiger charge is -2.05. The van der Waals surface area contributed by atoms with E-state index in [2.05, 4.69) is 10.3 Å². The molecule has 0 fully saturated rings. The summed E-state index contributed by atoms with van der Waals surface area (Å²) in [6.45, 7) is 0.574. The Balaban J connectivity index is 2.03. The third-order valence-electron chi connectivity index (χ3n) is 2.12. The molecule has 16 heavy (non-hydrogen) atoms. The first-order valence-electron chi connectivity index (χ1n) is 4.84. The van der Waals surface area contributed by atoms with Gasteiger partial charge in [-0.1, -0.05) is 12.1 Å². The highest BCUT2D eigenvalue weighted by Gasteiger charge is 2.00. The molecule has 2 rings (SSSR count). The smallest absolute Gasteiger partial charge is 0.136 e. The topological polar surface area (TPSA) is 24.9 Å². The highest BCUT2D eigenvalue weighted by molar-refractivity contribution is 14.1. The van der Waals surface area contributed by atoms with Gasteiger partial charge >= 0.3 is 0 Å². The second-order valence-electron chi connectivity index (χ2n) is 3.32. The van der Waals surface area contributed by atoms with Crippen molar-refractivity contribution in [1.82, 2.24) is 4.98 Å². The molecular weight excluding hydrogens is 318 g/mol. The third kappa shape index (κ3) is 2.91. The van der Waals surface area contributed by atoms with E-state index in [1.165, 1.54) is 6.07 Å². The Morgan fingerprint density at radius 1 is 1.25 bits per heavy atom. The monoisotopic (exact) mass is 328 g/mol. The van der Waals surface area contributed by atoms with Gasteiger partial charge in [-0.15, -0.1) is 0 Å². The summed E-state index contributed by atoms with van der Waals surface area (Å²) in [7, 11) is 0. The average molecular weight is 328 g/mol. The number of pyridine rings is 1. The minimum atomic E-state index is -0.180. The maximum atomic E-state index is 13.3. The molecule has 1 heterocycles. The van der Waals surface area contributed by atoms with Gasteiger partial charge in [0.05, 0.1) is 0 Å². The molecule has 0 aliphatic heterocycles. The molecule has 1 aromatic heterocycles. The van der Waals surface area contributed by atoms with Crippen molar-refractivity contribution in [2.75, 3.05) is 5.32 Å². The zero-order valence-corrected chi connectivity index (χ0v) is 10.6. The minimum absolute atomic E-state index is 0.180. The van der Waals surface area contributed by atoms with Gasteiger partial charge in [-0.25, -0.2) is 9.37 Å². The van der Waals surface area contributed by atoms with Gasteiger partial charge in [0.2, 0.25) is 0 Å². The van der Waals surface area contributed by atoms with E-state index in [9.17, 15) is 4.39 Å². The summed E-state index contributed by atoms with van der Waals surface area (Å²) in [5, 5.41) is 3.13. The molecule has 2 aromatic rings. The molecule has 0 aliphatic carbocycles. The predicted molar refractivity (Wildman–Crippen MR) is 70.7 cm³/mol. The van der Waals surface area contributed by atoms with Crippen LogP contribution >= 0.6 is 22.6 Å². The lowest BCUT2D eigenvalue weighted by atomic mass is 10.2. The molecular formula is C12H10FIN2. The number of rotatable bonds is 3. The van der Waals surface area contributed by atoms with Crippen molar-refractivity contribution < 1.29 is 4.39 Å². The minimum Gasteiger partial charge on any atom is -0.366 e. The molecule has 0 amide bonds. The standard InChI is InChI=1S/C12H10FIN2/c13-10-7-9(4-5-11(10)14)8-16-12-3-1-2-6-15-12/h1-7H,8H2,(H,15,16). The largest absolute Gasteiger partial charge is 0.366 e. The first-order chi connectivity index (χ1) is 7.75. The molecule has 0 bridgehead atoms. The number of anilines is 1. The molecule has 0 saturated carbocycles. The molecule has 1 aromatic carbocycles. The van der Waals surface area contributed by atoms with Crippen molar-refractivity contribution in [1.29, 1.82) is 0 Å². The summed E-state index contributed by atoms with van der Waals surface area (Å²) >= 11 is 1.97. The van der Waals surface area contributed by atoms with Crippen LogP contribution in [0.25, 0.3) is 0 Å². The number of aromatic nitrogens is 1. The van der Waals surface area contributed by atoms with E-state index in [4.69, 9.17) is 0 Å². The van der Waals surface area contributed by atoms with Crippen LogP contribution in [0.4, 0.5) is 10.2 Å². The van der Waals surface area contributed by atoms with Crippen molar-refractivity contribution in [3.63, 3.8) is 0 Å². The van der Waals surface area contributed by atoms with Gasteiger partial charge in [0, 0.05) is 16.3 Å². The molecule has 0 saturated heterocycles. The Labute approximate surface area is 107 Å². The van der Waals surface area contributed by atoms with Crippen LogP contribution in [0.3, 0.4) is 0 Å². The fourth-order valence-electron chi connectivity index (χ4n) is 1.31. The van der Waals surface area contributed by atoms with Crippen molar-refractivity contribution in [2.24, 2.45) is 0 Å². The Morgan fingerprint density at radius 3 is 2.81 bits per heavy atom. The Kier molecular flexibility index (Phi) is 3.71. The fourth-order valence-corrected chi connectivity index (χ4v) is 1.65. The van der Waals surface area contributed by atoms with E-state index >= 15 is 0 Å². The van der Waals surface area contributed by atoms with E-state index in [1.54, 1.807) is 12.3 Å². The zero-order chi connectivity index (χ0) is 11.4. The lowest BCUT2D eigenvalue weighted by Crippen LogP contribution is -2.01. The van der Waals surface area contributed by atoms with Gasteiger partial charge in [-0.2, -0.15) is 0 Å². The quantitative estimate of drug-likeness (QED) is 0.873.